The average Bonchev–Trinajstić information content (AvgIpc) is 2.60. The standard InChI is InChI=1S/C17H32N4O7/c1-5-27-15(22)14-26-13-12-25-11-10-24-9-8-21(7-6-19-20-18)16(23)28-17(2,3)4/h5-14H2,1-4H3. The summed E-state index contributed by atoms with van der Waals surface area (Å²) in [6, 6.07) is 0. The molecule has 0 aliphatic heterocycles. The normalized spacial score (nSPS) is 10.9. The quantitative estimate of drug-likeness (QED) is 0.134. The van der Waals surface area contributed by atoms with Gasteiger partial charge in [0.05, 0.1) is 39.6 Å². The van der Waals surface area contributed by atoms with Gasteiger partial charge in [0.1, 0.15) is 12.2 Å². The summed E-state index contributed by atoms with van der Waals surface area (Å²) in [5, 5.41) is 3.43. The lowest BCUT2D eigenvalue weighted by atomic mass is 10.2. The molecule has 0 saturated carbocycles. The van der Waals surface area contributed by atoms with Crippen LogP contribution in [0.3, 0.4) is 0 Å². The third-order valence-electron chi connectivity index (χ3n) is 2.96. The second-order valence-corrected chi connectivity index (χ2v) is 6.50. The Morgan fingerprint density at radius 2 is 1.61 bits per heavy atom. The molecule has 11 nitrogen and oxygen atoms in total. The first kappa shape index (κ1) is 25.9. The average molecular weight is 404 g/mol. The van der Waals surface area contributed by atoms with Crippen LogP contribution in [-0.2, 0) is 28.5 Å². The highest BCUT2D eigenvalue weighted by atomic mass is 16.6. The summed E-state index contributed by atoms with van der Waals surface area (Å²) in [5.41, 5.74) is 7.75. The van der Waals surface area contributed by atoms with Crippen LogP contribution in [0.25, 0.3) is 10.4 Å². The van der Waals surface area contributed by atoms with Crippen LogP contribution in [0, 0.1) is 0 Å². The number of esters is 1. The molecular formula is C17H32N4O7. The zero-order chi connectivity index (χ0) is 21.3. The van der Waals surface area contributed by atoms with E-state index < -0.39 is 17.7 Å². The Morgan fingerprint density at radius 3 is 2.18 bits per heavy atom. The van der Waals surface area contributed by atoms with E-state index in [2.05, 4.69) is 10.0 Å². The summed E-state index contributed by atoms with van der Waals surface area (Å²) < 4.78 is 25.9. The fourth-order valence-corrected chi connectivity index (χ4v) is 1.80. The van der Waals surface area contributed by atoms with Crippen LogP contribution in [0.4, 0.5) is 4.79 Å². The Morgan fingerprint density at radius 1 is 1.00 bits per heavy atom. The molecule has 0 aromatic rings. The van der Waals surface area contributed by atoms with Gasteiger partial charge < -0.3 is 28.6 Å². The van der Waals surface area contributed by atoms with Gasteiger partial charge in [-0.15, -0.1) is 0 Å². The summed E-state index contributed by atoms with van der Waals surface area (Å²) >= 11 is 0. The van der Waals surface area contributed by atoms with Gasteiger partial charge in [0.2, 0.25) is 0 Å². The molecule has 28 heavy (non-hydrogen) atoms. The van der Waals surface area contributed by atoms with Gasteiger partial charge in [-0.25, -0.2) is 9.59 Å². The van der Waals surface area contributed by atoms with Gasteiger partial charge in [-0.2, -0.15) is 0 Å². The molecule has 0 aromatic carbocycles. The smallest absolute Gasteiger partial charge is 0.410 e. The van der Waals surface area contributed by atoms with Gasteiger partial charge in [-0.1, -0.05) is 5.11 Å². The molecule has 0 atom stereocenters. The molecule has 0 N–H and O–H groups in total. The van der Waals surface area contributed by atoms with Crippen LogP contribution in [-0.4, -0.2) is 88.4 Å². The molecule has 0 saturated heterocycles. The second-order valence-electron chi connectivity index (χ2n) is 6.50. The summed E-state index contributed by atoms with van der Waals surface area (Å²) in [6.07, 6.45) is -0.487. The minimum absolute atomic E-state index is 0.0932. The van der Waals surface area contributed by atoms with Crippen LogP contribution in [0.2, 0.25) is 0 Å². The van der Waals surface area contributed by atoms with Crippen LogP contribution >= 0.6 is 0 Å². The monoisotopic (exact) mass is 404 g/mol. The van der Waals surface area contributed by atoms with Gasteiger partial charge in [0, 0.05) is 24.5 Å². The Hall–Kier alpha value is -2.07. The number of rotatable bonds is 15. The maximum absolute atomic E-state index is 12.2. The van der Waals surface area contributed by atoms with Gasteiger partial charge in [-0.05, 0) is 33.2 Å². The highest BCUT2D eigenvalue weighted by molar-refractivity contribution is 5.70. The SMILES string of the molecule is CCOC(=O)COCCOCCOCCN(CCN=[N+]=[N-])C(=O)OC(C)(C)C. The minimum Gasteiger partial charge on any atom is -0.464 e. The topological polar surface area (TPSA) is 132 Å². The van der Waals surface area contributed by atoms with E-state index in [-0.39, 0.29) is 32.9 Å². The zero-order valence-electron chi connectivity index (χ0n) is 17.2. The number of amides is 1. The summed E-state index contributed by atoms with van der Waals surface area (Å²) in [6.45, 7) is 9.61. The number of hydrogen-bond acceptors (Lipinski definition) is 8. The van der Waals surface area contributed by atoms with E-state index in [9.17, 15) is 9.59 Å². The number of ether oxygens (including phenoxy) is 5. The molecule has 0 heterocycles. The van der Waals surface area contributed by atoms with Crippen molar-refractivity contribution < 1.29 is 33.3 Å². The zero-order valence-corrected chi connectivity index (χ0v) is 17.2. The maximum atomic E-state index is 12.2. The molecule has 162 valence electrons. The predicted octanol–water partition coefficient (Wildman–Crippen LogP) is 2.15. The van der Waals surface area contributed by atoms with Crippen LogP contribution < -0.4 is 0 Å². The molecule has 11 heteroatoms. The highest BCUT2D eigenvalue weighted by Crippen LogP contribution is 2.09. The fraction of sp³-hybridized carbons (Fsp3) is 0.882. The van der Waals surface area contributed by atoms with Gasteiger partial charge in [0.15, 0.2) is 0 Å². The fourth-order valence-electron chi connectivity index (χ4n) is 1.80. The van der Waals surface area contributed by atoms with Crippen molar-refractivity contribution in [3.8, 4) is 0 Å². The van der Waals surface area contributed by atoms with Crippen molar-refractivity contribution in [2.24, 2.45) is 5.11 Å². The Labute approximate surface area is 165 Å². The molecule has 1 amide bonds. The van der Waals surface area contributed by atoms with Crippen molar-refractivity contribution in [2.45, 2.75) is 33.3 Å². The van der Waals surface area contributed by atoms with Crippen molar-refractivity contribution in [1.82, 2.24) is 4.90 Å². The molecule has 0 aliphatic carbocycles. The molecule has 0 spiro atoms. The number of carbonyl (C=O) groups excluding carboxylic acids is 2. The van der Waals surface area contributed by atoms with E-state index in [1.807, 2.05) is 0 Å². The van der Waals surface area contributed by atoms with Crippen LogP contribution in [0.15, 0.2) is 5.11 Å². The first-order valence-corrected chi connectivity index (χ1v) is 9.17. The molecule has 0 fully saturated rings. The minimum atomic E-state index is -0.613. The van der Waals surface area contributed by atoms with E-state index in [4.69, 9.17) is 29.2 Å². The second kappa shape index (κ2) is 15.9. The first-order chi connectivity index (χ1) is 13.3. The molecule has 0 bridgehead atoms. The van der Waals surface area contributed by atoms with Gasteiger partial charge in [-0.3, -0.25) is 0 Å². The van der Waals surface area contributed by atoms with Crippen molar-refractivity contribution in [3.05, 3.63) is 10.4 Å². The summed E-state index contributed by atoms with van der Waals surface area (Å²) in [7, 11) is 0. The molecule has 0 aliphatic rings. The van der Waals surface area contributed by atoms with Crippen molar-refractivity contribution in [1.29, 1.82) is 0 Å². The van der Waals surface area contributed by atoms with E-state index in [1.54, 1.807) is 27.7 Å². The largest absolute Gasteiger partial charge is 0.464 e. The van der Waals surface area contributed by atoms with E-state index in [0.29, 0.717) is 33.0 Å². The maximum Gasteiger partial charge on any atom is 0.410 e. The lowest BCUT2D eigenvalue weighted by Gasteiger charge is -2.27. The third kappa shape index (κ3) is 16.1. The number of nitrogens with zero attached hydrogens (tertiary/aromatic N) is 4. The van der Waals surface area contributed by atoms with Gasteiger partial charge >= 0.3 is 12.1 Å². The third-order valence-corrected chi connectivity index (χ3v) is 2.96. The van der Waals surface area contributed by atoms with E-state index in [0.717, 1.165) is 0 Å². The molecular weight excluding hydrogens is 372 g/mol. The Bertz CT molecular complexity index is 490. The molecule has 0 aromatic heterocycles. The number of azide groups is 1. The number of carbonyl (C=O) groups is 2. The van der Waals surface area contributed by atoms with Gasteiger partial charge in [0.25, 0.3) is 0 Å². The summed E-state index contributed by atoms with van der Waals surface area (Å²) in [5.74, 6) is -0.402. The van der Waals surface area contributed by atoms with Crippen LogP contribution in [0.1, 0.15) is 27.7 Å². The lowest BCUT2D eigenvalue weighted by molar-refractivity contribution is -0.149. The molecule has 0 unspecified atom stereocenters. The highest BCUT2D eigenvalue weighted by Gasteiger charge is 2.21. The van der Waals surface area contributed by atoms with Crippen LogP contribution in [0.5, 0.6) is 0 Å². The predicted molar refractivity (Wildman–Crippen MR) is 101 cm³/mol. The Kier molecular flexibility index (Phi) is 14.8. The summed E-state index contributed by atoms with van der Waals surface area (Å²) in [4.78, 5) is 27.3. The Balaban J connectivity index is 3.87. The molecule has 0 rings (SSSR count). The number of hydrogen-bond donors (Lipinski definition) is 0. The first-order valence-electron chi connectivity index (χ1n) is 9.17. The lowest BCUT2D eigenvalue weighted by Crippen LogP contribution is -2.40. The van der Waals surface area contributed by atoms with Crippen molar-refractivity contribution in [2.75, 3.05) is 65.9 Å². The van der Waals surface area contributed by atoms with Crippen molar-refractivity contribution >= 4 is 12.1 Å². The van der Waals surface area contributed by atoms with E-state index >= 15 is 0 Å². The van der Waals surface area contributed by atoms with Crippen molar-refractivity contribution in [3.63, 3.8) is 0 Å². The van der Waals surface area contributed by atoms with E-state index in [1.165, 1.54) is 4.90 Å². The molecule has 0 radical (unpaired) electrons.